The van der Waals surface area contributed by atoms with Gasteiger partial charge in [0.1, 0.15) is 17.5 Å². The summed E-state index contributed by atoms with van der Waals surface area (Å²) in [6.45, 7) is 2.79. The standard InChI is InChI=1S/C19H23NO4S/c1-12-9-10-16(25-12)18(20-11-5-6-13(20)19(21)22)17-14(23-2)7-4-8-15(17)24-3/h4,7-10,13,18H,5-6,11H2,1-3H3,(H,21,22). The van der Waals surface area contributed by atoms with Gasteiger partial charge in [-0.15, -0.1) is 11.3 Å². The first-order chi connectivity index (χ1) is 12.1. The van der Waals surface area contributed by atoms with E-state index in [9.17, 15) is 9.90 Å². The van der Waals surface area contributed by atoms with Gasteiger partial charge < -0.3 is 14.6 Å². The number of aliphatic carboxylic acids is 1. The van der Waals surface area contributed by atoms with Crippen molar-refractivity contribution < 1.29 is 19.4 Å². The second kappa shape index (κ2) is 7.45. The lowest BCUT2D eigenvalue weighted by molar-refractivity contribution is -0.142. The molecule has 25 heavy (non-hydrogen) atoms. The molecule has 1 N–H and O–H groups in total. The Morgan fingerprint density at radius 1 is 1.24 bits per heavy atom. The molecule has 2 aromatic rings. The maximum Gasteiger partial charge on any atom is 0.320 e. The first-order valence-electron chi connectivity index (χ1n) is 8.32. The third-order valence-electron chi connectivity index (χ3n) is 4.68. The average Bonchev–Trinajstić information content (AvgIpc) is 3.25. The fraction of sp³-hybridized carbons (Fsp3) is 0.421. The molecule has 1 aromatic carbocycles. The Kier molecular flexibility index (Phi) is 5.30. The lowest BCUT2D eigenvalue weighted by Crippen LogP contribution is -2.39. The first kappa shape index (κ1) is 17.8. The molecule has 3 rings (SSSR count). The Morgan fingerprint density at radius 2 is 1.92 bits per heavy atom. The van der Waals surface area contributed by atoms with Crippen LogP contribution >= 0.6 is 11.3 Å². The van der Waals surface area contributed by atoms with Crippen LogP contribution in [0.1, 0.15) is 34.2 Å². The molecule has 1 fully saturated rings. The minimum atomic E-state index is -0.773. The number of hydrogen-bond donors (Lipinski definition) is 1. The van der Waals surface area contributed by atoms with E-state index in [2.05, 4.69) is 24.0 Å². The number of benzene rings is 1. The molecule has 1 saturated heterocycles. The number of likely N-dealkylation sites (tertiary alicyclic amines) is 1. The number of thiophene rings is 1. The van der Waals surface area contributed by atoms with Crippen LogP contribution < -0.4 is 9.47 Å². The Balaban J connectivity index is 2.18. The van der Waals surface area contributed by atoms with Crippen LogP contribution in [0, 0.1) is 6.92 Å². The molecule has 1 aliphatic heterocycles. The van der Waals surface area contributed by atoms with E-state index in [1.54, 1.807) is 25.6 Å². The summed E-state index contributed by atoms with van der Waals surface area (Å²) in [6, 6.07) is 9.13. The zero-order valence-corrected chi connectivity index (χ0v) is 15.5. The Labute approximate surface area is 151 Å². The van der Waals surface area contributed by atoms with Gasteiger partial charge in [-0.25, -0.2) is 0 Å². The molecule has 2 unspecified atom stereocenters. The number of hydrogen-bond acceptors (Lipinski definition) is 5. The van der Waals surface area contributed by atoms with Crippen LogP contribution in [-0.2, 0) is 4.79 Å². The van der Waals surface area contributed by atoms with Crippen LogP contribution in [0.3, 0.4) is 0 Å². The van der Waals surface area contributed by atoms with Gasteiger partial charge >= 0.3 is 5.97 Å². The van der Waals surface area contributed by atoms with E-state index in [0.29, 0.717) is 17.9 Å². The number of carboxylic acid groups (broad SMARTS) is 1. The summed E-state index contributed by atoms with van der Waals surface area (Å²) in [4.78, 5) is 16.2. The van der Waals surface area contributed by atoms with Gasteiger partial charge in [-0.3, -0.25) is 9.69 Å². The predicted octanol–water partition coefficient (Wildman–Crippen LogP) is 3.71. The maximum absolute atomic E-state index is 11.8. The molecule has 0 saturated carbocycles. The second-order valence-corrected chi connectivity index (χ2v) is 7.48. The minimum absolute atomic E-state index is 0.201. The average molecular weight is 361 g/mol. The van der Waals surface area contributed by atoms with Crippen LogP contribution in [0.25, 0.3) is 0 Å². The van der Waals surface area contributed by atoms with Crippen LogP contribution in [0.4, 0.5) is 0 Å². The smallest absolute Gasteiger partial charge is 0.320 e. The number of ether oxygens (including phenoxy) is 2. The molecule has 134 valence electrons. The fourth-order valence-electron chi connectivity index (χ4n) is 3.58. The number of rotatable bonds is 6. The highest BCUT2D eigenvalue weighted by atomic mass is 32.1. The maximum atomic E-state index is 11.8. The summed E-state index contributed by atoms with van der Waals surface area (Å²) in [6.07, 6.45) is 1.53. The third kappa shape index (κ3) is 3.37. The van der Waals surface area contributed by atoms with E-state index in [4.69, 9.17) is 9.47 Å². The van der Waals surface area contributed by atoms with Crippen molar-refractivity contribution in [3.8, 4) is 11.5 Å². The van der Waals surface area contributed by atoms with E-state index in [1.165, 1.54) is 4.88 Å². The number of aryl methyl sites for hydroxylation is 1. The Morgan fingerprint density at radius 3 is 2.44 bits per heavy atom. The van der Waals surface area contributed by atoms with Gasteiger partial charge in [0.05, 0.1) is 25.8 Å². The molecule has 0 radical (unpaired) electrons. The molecule has 1 aliphatic rings. The zero-order chi connectivity index (χ0) is 18.0. The van der Waals surface area contributed by atoms with Crippen molar-refractivity contribution in [1.82, 2.24) is 4.90 Å². The van der Waals surface area contributed by atoms with Gasteiger partial charge in [0.2, 0.25) is 0 Å². The number of carboxylic acids is 1. The summed E-state index contributed by atoms with van der Waals surface area (Å²) in [5.41, 5.74) is 0.891. The van der Waals surface area contributed by atoms with Crippen LogP contribution in [-0.4, -0.2) is 42.8 Å². The number of carbonyl (C=O) groups is 1. The largest absolute Gasteiger partial charge is 0.496 e. The molecule has 2 heterocycles. The van der Waals surface area contributed by atoms with Gasteiger partial charge in [0.15, 0.2) is 0 Å². The molecular formula is C19H23NO4S. The van der Waals surface area contributed by atoms with Gasteiger partial charge in [-0.1, -0.05) is 6.07 Å². The van der Waals surface area contributed by atoms with Gasteiger partial charge in [0.25, 0.3) is 0 Å². The Hall–Kier alpha value is -2.05. The van der Waals surface area contributed by atoms with Crippen LogP contribution in [0.15, 0.2) is 30.3 Å². The molecule has 0 aliphatic carbocycles. The van der Waals surface area contributed by atoms with Crippen LogP contribution in [0.2, 0.25) is 0 Å². The first-order valence-corrected chi connectivity index (χ1v) is 9.14. The van der Waals surface area contributed by atoms with Crippen molar-refractivity contribution >= 4 is 17.3 Å². The molecule has 6 heteroatoms. The van der Waals surface area contributed by atoms with E-state index in [-0.39, 0.29) is 6.04 Å². The number of nitrogens with zero attached hydrogens (tertiary/aromatic N) is 1. The van der Waals surface area contributed by atoms with Crippen molar-refractivity contribution in [1.29, 1.82) is 0 Å². The van der Waals surface area contributed by atoms with E-state index < -0.39 is 12.0 Å². The third-order valence-corrected chi connectivity index (χ3v) is 5.73. The van der Waals surface area contributed by atoms with Gasteiger partial charge in [-0.05, 0) is 44.0 Å². The topological polar surface area (TPSA) is 59.0 Å². The normalized spacial score (nSPS) is 18.9. The summed E-state index contributed by atoms with van der Waals surface area (Å²) in [5.74, 6) is 0.655. The van der Waals surface area contributed by atoms with Crippen molar-refractivity contribution in [2.45, 2.75) is 31.8 Å². The highest BCUT2D eigenvalue weighted by Gasteiger charge is 2.39. The molecule has 1 aromatic heterocycles. The Bertz CT molecular complexity index is 735. The minimum Gasteiger partial charge on any atom is -0.496 e. The van der Waals surface area contributed by atoms with Gasteiger partial charge in [-0.2, -0.15) is 0 Å². The van der Waals surface area contributed by atoms with Gasteiger partial charge in [0, 0.05) is 16.3 Å². The second-order valence-electron chi connectivity index (χ2n) is 6.16. The highest BCUT2D eigenvalue weighted by molar-refractivity contribution is 7.12. The van der Waals surface area contributed by atoms with Crippen molar-refractivity contribution in [2.24, 2.45) is 0 Å². The summed E-state index contributed by atoms with van der Waals surface area (Å²) in [5, 5.41) is 9.68. The van der Waals surface area contributed by atoms with E-state index >= 15 is 0 Å². The summed E-state index contributed by atoms with van der Waals surface area (Å²) in [7, 11) is 3.27. The molecule has 2 atom stereocenters. The van der Waals surface area contributed by atoms with Crippen molar-refractivity contribution in [2.75, 3.05) is 20.8 Å². The number of methoxy groups -OCH3 is 2. The lowest BCUT2D eigenvalue weighted by atomic mass is 10.00. The molecule has 5 nitrogen and oxygen atoms in total. The van der Waals surface area contributed by atoms with Crippen LogP contribution in [0.5, 0.6) is 11.5 Å². The monoisotopic (exact) mass is 361 g/mol. The zero-order valence-electron chi connectivity index (χ0n) is 14.7. The predicted molar refractivity (Wildman–Crippen MR) is 97.8 cm³/mol. The highest BCUT2D eigenvalue weighted by Crippen LogP contribution is 2.45. The molecule has 0 spiro atoms. The quantitative estimate of drug-likeness (QED) is 0.850. The van der Waals surface area contributed by atoms with Crippen molar-refractivity contribution in [3.05, 3.63) is 45.6 Å². The molecule has 0 amide bonds. The summed E-state index contributed by atoms with van der Waals surface area (Å²) >= 11 is 1.68. The van der Waals surface area contributed by atoms with Crippen molar-refractivity contribution in [3.63, 3.8) is 0 Å². The van der Waals surface area contributed by atoms with E-state index in [1.807, 2.05) is 18.2 Å². The molecule has 0 bridgehead atoms. The molecular weight excluding hydrogens is 338 g/mol. The summed E-state index contributed by atoms with van der Waals surface area (Å²) < 4.78 is 11.2. The van der Waals surface area contributed by atoms with E-state index in [0.717, 1.165) is 23.4 Å². The SMILES string of the molecule is COc1cccc(OC)c1C(c1ccc(C)s1)N1CCCC1C(=O)O. The fourth-order valence-corrected chi connectivity index (χ4v) is 4.59. The lowest BCUT2D eigenvalue weighted by Gasteiger charge is -2.32.